The van der Waals surface area contributed by atoms with E-state index in [1.807, 2.05) is 0 Å². The normalized spacial score (nSPS) is 12.7. The Kier molecular flexibility index (Phi) is 5.03. The lowest BCUT2D eigenvalue weighted by atomic mass is 10.3. The van der Waals surface area contributed by atoms with Crippen LogP contribution in [0.4, 0.5) is 0 Å². The lowest BCUT2D eigenvalue weighted by molar-refractivity contribution is 0.0643. The van der Waals surface area contributed by atoms with Crippen molar-refractivity contribution in [3.05, 3.63) is 24.0 Å². The monoisotopic (exact) mass is 212 g/mol. The zero-order valence-electron chi connectivity index (χ0n) is 8.68. The highest BCUT2D eigenvalue weighted by Gasteiger charge is 2.02. The standard InChI is InChI=1S/C10H16N2O3/c1-15-7-10(14)5-11-4-8-2-3-9(13)6-12-8/h2-3,6,10-11,13-14H,4-5,7H2,1H3. The molecule has 5 nitrogen and oxygen atoms in total. The molecule has 0 radical (unpaired) electrons. The fourth-order valence-corrected chi connectivity index (χ4v) is 1.14. The number of aromatic nitrogens is 1. The molecule has 0 saturated heterocycles. The summed E-state index contributed by atoms with van der Waals surface area (Å²) < 4.78 is 4.78. The zero-order chi connectivity index (χ0) is 11.1. The summed E-state index contributed by atoms with van der Waals surface area (Å²) in [5.74, 6) is 0.151. The van der Waals surface area contributed by atoms with Crippen LogP contribution in [0.1, 0.15) is 5.69 Å². The number of nitrogens with zero attached hydrogens (tertiary/aromatic N) is 1. The third-order valence-electron chi connectivity index (χ3n) is 1.85. The minimum atomic E-state index is -0.507. The van der Waals surface area contributed by atoms with Gasteiger partial charge in [0, 0.05) is 20.2 Å². The Bertz CT molecular complexity index is 277. The smallest absolute Gasteiger partial charge is 0.133 e. The van der Waals surface area contributed by atoms with E-state index in [-0.39, 0.29) is 5.75 Å². The number of aromatic hydroxyl groups is 1. The molecule has 1 aromatic heterocycles. The molecule has 1 rings (SSSR count). The maximum absolute atomic E-state index is 9.32. The van der Waals surface area contributed by atoms with Gasteiger partial charge in [-0.2, -0.15) is 0 Å². The van der Waals surface area contributed by atoms with Gasteiger partial charge >= 0.3 is 0 Å². The van der Waals surface area contributed by atoms with E-state index >= 15 is 0 Å². The highest BCUT2D eigenvalue weighted by molar-refractivity contribution is 5.17. The number of methoxy groups -OCH3 is 1. The number of hydrogen-bond acceptors (Lipinski definition) is 5. The molecule has 0 aliphatic heterocycles. The largest absolute Gasteiger partial charge is 0.506 e. The Labute approximate surface area is 88.7 Å². The summed E-state index contributed by atoms with van der Waals surface area (Å²) in [6.45, 7) is 1.33. The quantitative estimate of drug-likeness (QED) is 0.613. The number of aliphatic hydroxyl groups is 1. The van der Waals surface area contributed by atoms with Gasteiger partial charge in [-0.05, 0) is 12.1 Å². The molecule has 15 heavy (non-hydrogen) atoms. The van der Waals surface area contributed by atoms with Crippen molar-refractivity contribution >= 4 is 0 Å². The summed E-state index contributed by atoms with van der Waals surface area (Å²) in [5.41, 5.74) is 0.817. The zero-order valence-corrected chi connectivity index (χ0v) is 8.68. The summed E-state index contributed by atoms with van der Waals surface area (Å²) in [6.07, 6.45) is 0.884. The summed E-state index contributed by atoms with van der Waals surface area (Å²) in [6, 6.07) is 3.31. The van der Waals surface area contributed by atoms with Crippen LogP contribution in [0.5, 0.6) is 5.75 Å². The van der Waals surface area contributed by atoms with E-state index in [1.54, 1.807) is 19.2 Å². The van der Waals surface area contributed by atoms with E-state index in [0.717, 1.165) is 5.69 Å². The molecule has 5 heteroatoms. The van der Waals surface area contributed by atoms with Crippen LogP contribution in [0.15, 0.2) is 18.3 Å². The predicted octanol–water partition coefficient (Wildman–Crippen LogP) is -0.116. The summed E-state index contributed by atoms with van der Waals surface area (Å²) in [4.78, 5) is 4.00. The number of rotatable bonds is 6. The first-order valence-electron chi connectivity index (χ1n) is 4.74. The van der Waals surface area contributed by atoms with Crippen molar-refractivity contribution in [3.63, 3.8) is 0 Å². The van der Waals surface area contributed by atoms with Crippen LogP contribution in [0, 0.1) is 0 Å². The van der Waals surface area contributed by atoms with Gasteiger partial charge in [0.1, 0.15) is 5.75 Å². The van der Waals surface area contributed by atoms with Gasteiger partial charge in [0.25, 0.3) is 0 Å². The molecule has 0 aromatic carbocycles. The van der Waals surface area contributed by atoms with Crippen LogP contribution in [0.25, 0.3) is 0 Å². The van der Waals surface area contributed by atoms with Crippen LogP contribution in [0.2, 0.25) is 0 Å². The Morgan fingerprint density at radius 1 is 1.53 bits per heavy atom. The fraction of sp³-hybridized carbons (Fsp3) is 0.500. The van der Waals surface area contributed by atoms with Crippen LogP contribution >= 0.6 is 0 Å². The fourth-order valence-electron chi connectivity index (χ4n) is 1.14. The molecule has 0 amide bonds. The van der Waals surface area contributed by atoms with Gasteiger partial charge in [-0.1, -0.05) is 0 Å². The van der Waals surface area contributed by atoms with Crippen LogP contribution < -0.4 is 5.32 Å². The molecule has 0 saturated carbocycles. The summed E-state index contributed by atoms with van der Waals surface area (Å²) >= 11 is 0. The molecule has 3 N–H and O–H groups in total. The van der Waals surface area contributed by atoms with Gasteiger partial charge in [0.05, 0.1) is 24.6 Å². The first kappa shape index (κ1) is 11.9. The van der Waals surface area contributed by atoms with Gasteiger partial charge < -0.3 is 20.3 Å². The average Bonchev–Trinajstić information content (AvgIpc) is 2.21. The molecular formula is C10H16N2O3. The maximum atomic E-state index is 9.32. The Morgan fingerprint density at radius 3 is 2.93 bits per heavy atom. The molecule has 0 bridgehead atoms. The lowest BCUT2D eigenvalue weighted by Crippen LogP contribution is -2.29. The van der Waals surface area contributed by atoms with E-state index in [4.69, 9.17) is 9.84 Å². The minimum absolute atomic E-state index is 0.151. The highest BCUT2D eigenvalue weighted by Crippen LogP contribution is 2.05. The number of pyridine rings is 1. The molecule has 0 aliphatic rings. The van der Waals surface area contributed by atoms with Gasteiger partial charge in [0.15, 0.2) is 0 Å². The Morgan fingerprint density at radius 2 is 2.33 bits per heavy atom. The van der Waals surface area contributed by atoms with E-state index in [9.17, 15) is 5.11 Å². The average molecular weight is 212 g/mol. The Hall–Kier alpha value is -1.17. The molecule has 84 valence electrons. The second-order valence-corrected chi connectivity index (χ2v) is 3.25. The number of hydrogen-bond donors (Lipinski definition) is 3. The third-order valence-corrected chi connectivity index (χ3v) is 1.85. The maximum Gasteiger partial charge on any atom is 0.133 e. The van der Waals surface area contributed by atoms with E-state index < -0.39 is 6.10 Å². The van der Waals surface area contributed by atoms with Gasteiger partial charge in [-0.25, -0.2) is 0 Å². The molecule has 1 atom stereocenters. The minimum Gasteiger partial charge on any atom is -0.506 e. The van der Waals surface area contributed by atoms with Crippen LogP contribution in [0.3, 0.4) is 0 Å². The molecule has 0 spiro atoms. The van der Waals surface area contributed by atoms with E-state index in [1.165, 1.54) is 6.20 Å². The first-order valence-corrected chi connectivity index (χ1v) is 4.74. The molecule has 0 aliphatic carbocycles. The second-order valence-electron chi connectivity index (χ2n) is 3.25. The SMILES string of the molecule is COCC(O)CNCc1ccc(O)cn1. The molecule has 1 unspecified atom stereocenters. The van der Waals surface area contributed by atoms with Gasteiger partial charge in [0.2, 0.25) is 0 Å². The van der Waals surface area contributed by atoms with E-state index in [2.05, 4.69) is 10.3 Å². The van der Waals surface area contributed by atoms with Crippen molar-refractivity contribution in [2.45, 2.75) is 12.6 Å². The second kappa shape index (κ2) is 6.34. The Balaban J connectivity index is 2.22. The first-order chi connectivity index (χ1) is 7.22. The summed E-state index contributed by atoms with van der Waals surface area (Å²) in [7, 11) is 1.55. The van der Waals surface area contributed by atoms with Crippen molar-refractivity contribution in [1.82, 2.24) is 10.3 Å². The van der Waals surface area contributed by atoms with Crippen LogP contribution in [-0.4, -0.2) is 41.6 Å². The van der Waals surface area contributed by atoms with Gasteiger partial charge in [-0.15, -0.1) is 0 Å². The number of aliphatic hydroxyl groups excluding tert-OH is 1. The predicted molar refractivity (Wildman–Crippen MR) is 55.5 cm³/mol. The van der Waals surface area contributed by atoms with Crippen LogP contribution in [-0.2, 0) is 11.3 Å². The highest BCUT2D eigenvalue weighted by atomic mass is 16.5. The molecule has 1 aromatic rings. The number of nitrogens with one attached hydrogen (secondary N) is 1. The molecule has 1 heterocycles. The molecule has 0 fully saturated rings. The summed E-state index contributed by atoms with van der Waals surface area (Å²) in [5, 5.41) is 21.4. The van der Waals surface area contributed by atoms with Crippen molar-refractivity contribution in [1.29, 1.82) is 0 Å². The third kappa shape index (κ3) is 4.73. The molecular weight excluding hydrogens is 196 g/mol. The van der Waals surface area contributed by atoms with Crippen molar-refractivity contribution in [3.8, 4) is 5.75 Å². The lowest BCUT2D eigenvalue weighted by Gasteiger charge is -2.10. The van der Waals surface area contributed by atoms with E-state index in [0.29, 0.717) is 19.7 Å². The topological polar surface area (TPSA) is 74.6 Å². The van der Waals surface area contributed by atoms with Gasteiger partial charge in [-0.3, -0.25) is 4.98 Å². The van der Waals surface area contributed by atoms with Crippen molar-refractivity contribution < 1.29 is 14.9 Å². The number of ether oxygens (including phenoxy) is 1. The van der Waals surface area contributed by atoms with Crippen molar-refractivity contribution in [2.24, 2.45) is 0 Å². The van der Waals surface area contributed by atoms with Crippen molar-refractivity contribution in [2.75, 3.05) is 20.3 Å².